The molecule has 1 aromatic rings. The number of rotatable bonds is 3. The summed E-state index contributed by atoms with van der Waals surface area (Å²) in [6.45, 7) is 5.06. The van der Waals surface area contributed by atoms with E-state index in [0.29, 0.717) is 17.0 Å². The van der Waals surface area contributed by atoms with E-state index in [2.05, 4.69) is 29.8 Å². The van der Waals surface area contributed by atoms with Gasteiger partial charge in [-0.05, 0) is 48.8 Å². The van der Waals surface area contributed by atoms with Gasteiger partial charge in [-0.3, -0.25) is 0 Å². The van der Waals surface area contributed by atoms with E-state index < -0.39 is 6.10 Å². The third-order valence-electron chi connectivity index (χ3n) is 4.84. The van der Waals surface area contributed by atoms with Crippen LogP contribution in [0.25, 0.3) is 0 Å². The van der Waals surface area contributed by atoms with Gasteiger partial charge in [0.15, 0.2) is 0 Å². The average molecular weight is 361 g/mol. The van der Waals surface area contributed by atoms with Crippen molar-refractivity contribution in [3.8, 4) is 0 Å². The van der Waals surface area contributed by atoms with Crippen molar-refractivity contribution in [2.24, 2.45) is 16.6 Å². The molecular formula is C16H23BrClNO. The molecule has 0 aliphatic heterocycles. The quantitative estimate of drug-likeness (QED) is 0.822. The van der Waals surface area contributed by atoms with Crippen LogP contribution in [0.5, 0.6) is 0 Å². The van der Waals surface area contributed by atoms with Crippen molar-refractivity contribution in [3.05, 3.63) is 33.3 Å². The van der Waals surface area contributed by atoms with Gasteiger partial charge < -0.3 is 10.8 Å². The second-order valence-electron chi connectivity index (χ2n) is 6.80. The second kappa shape index (κ2) is 5.96. The lowest BCUT2D eigenvalue weighted by Gasteiger charge is -2.46. The van der Waals surface area contributed by atoms with Crippen molar-refractivity contribution in [3.63, 3.8) is 0 Å². The summed E-state index contributed by atoms with van der Waals surface area (Å²) in [7, 11) is 0. The Labute approximate surface area is 134 Å². The van der Waals surface area contributed by atoms with Gasteiger partial charge in [0.2, 0.25) is 0 Å². The summed E-state index contributed by atoms with van der Waals surface area (Å²) in [6.07, 6.45) is 3.49. The van der Waals surface area contributed by atoms with Crippen LogP contribution in [-0.2, 0) is 0 Å². The van der Waals surface area contributed by atoms with Gasteiger partial charge in [-0.2, -0.15) is 0 Å². The molecule has 20 heavy (non-hydrogen) atoms. The number of aliphatic hydroxyl groups excluding tert-OH is 1. The zero-order chi connectivity index (χ0) is 15.0. The van der Waals surface area contributed by atoms with Gasteiger partial charge in [0.25, 0.3) is 0 Å². The Morgan fingerprint density at radius 2 is 1.90 bits per heavy atom. The molecule has 0 heterocycles. The minimum Gasteiger partial charge on any atom is -0.388 e. The Hall–Kier alpha value is -0.0900. The van der Waals surface area contributed by atoms with Crippen LogP contribution in [0.15, 0.2) is 22.7 Å². The van der Waals surface area contributed by atoms with Gasteiger partial charge >= 0.3 is 0 Å². The van der Waals surface area contributed by atoms with Crippen LogP contribution in [0.2, 0.25) is 5.02 Å². The van der Waals surface area contributed by atoms with E-state index in [4.69, 9.17) is 17.3 Å². The van der Waals surface area contributed by atoms with Crippen molar-refractivity contribution < 1.29 is 5.11 Å². The Bertz CT molecular complexity index is 479. The lowest BCUT2D eigenvalue weighted by molar-refractivity contribution is -0.0235. The van der Waals surface area contributed by atoms with Gasteiger partial charge in [0, 0.05) is 21.5 Å². The molecule has 0 amide bonds. The molecule has 1 saturated carbocycles. The molecule has 4 heteroatoms. The largest absolute Gasteiger partial charge is 0.388 e. The molecule has 0 saturated heterocycles. The molecule has 1 atom stereocenters. The molecule has 2 rings (SSSR count). The Balaban J connectivity index is 2.27. The zero-order valence-electron chi connectivity index (χ0n) is 12.1. The summed E-state index contributed by atoms with van der Waals surface area (Å²) < 4.78 is 0.921. The first-order valence-electron chi connectivity index (χ1n) is 7.13. The molecule has 3 N–H and O–H groups in total. The molecular weight excluding hydrogens is 338 g/mol. The van der Waals surface area contributed by atoms with E-state index in [1.54, 1.807) is 0 Å². The van der Waals surface area contributed by atoms with Crippen LogP contribution in [0, 0.1) is 10.8 Å². The molecule has 2 nitrogen and oxygen atoms in total. The maximum Gasteiger partial charge on any atom is 0.0872 e. The monoisotopic (exact) mass is 359 g/mol. The van der Waals surface area contributed by atoms with Gasteiger partial charge in [-0.1, -0.05) is 47.4 Å². The molecule has 1 unspecified atom stereocenters. The van der Waals surface area contributed by atoms with Crippen molar-refractivity contribution in [1.82, 2.24) is 0 Å². The van der Waals surface area contributed by atoms with E-state index in [1.807, 2.05) is 18.2 Å². The van der Waals surface area contributed by atoms with Gasteiger partial charge in [-0.25, -0.2) is 0 Å². The summed E-state index contributed by atoms with van der Waals surface area (Å²) in [6, 6.07) is 5.65. The van der Waals surface area contributed by atoms with Crippen LogP contribution in [0.4, 0.5) is 0 Å². The highest BCUT2D eigenvalue weighted by Gasteiger charge is 2.43. The molecule has 0 bridgehead atoms. The van der Waals surface area contributed by atoms with Gasteiger partial charge in [-0.15, -0.1) is 0 Å². The lowest BCUT2D eigenvalue weighted by atomic mass is 9.62. The van der Waals surface area contributed by atoms with Crippen molar-refractivity contribution in [2.45, 2.75) is 45.6 Å². The number of hydrogen-bond acceptors (Lipinski definition) is 2. The minimum absolute atomic E-state index is 0.243. The number of hydrogen-bond donors (Lipinski definition) is 2. The zero-order valence-corrected chi connectivity index (χ0v) is 14.5. The average Bonchev–Trinajstić information content (AvgIpc) is 2.39. The third kappa shape index (κ3) is 3.22. The molecule has 1 fully saturated rings. The van der Waals surface area contributed by atoms with Crippen LogP contribution in [0.1, 0.15) is 51.2 Å². The van der Waals surface area contributed by atoms with Crippen LogP contribution >= 0.6 is 27.5 Å². The van der Waals surface area contributed by atoms with Crippen molar-refractivity contribution in [1.29, 1.82) is 0 Å². The van der Waals surface area contributed by atoms with E-state index >= 15 is 0 Å². The summed E-state index contributed by atoms with van der Waals surface area (Å²) in [5.74, 6) is 0. The van der Waals surface area contributed by atoms with Crippen LogP contribution < -0.4 is 5.73 Å². The Morgan fingerprint density at radius 3 is 2.40 bits per heavy atom. The maximum atomic E-state index is 10.9. The molecule has 0 aromatic heterocycles. The summed E-state index contributed by atoms with van der Waals surface area (Å²) in [5, 5.41) is 11.5. The highest BCUT2D eigenvalue weighted by molar-refractivity contribution is 9.10. The standard InChI is InChI=1S/C16H23BrClNO/c1-15(2)5-7-16(10-19,8-6-15)14(20)12-4-3-11(17)9-13(12)18/h3-4,9,14,20H,5-8,10,19H2,1-2H3. The van der Waals surface area contributed by atoms with E-state index in [9.17, 15) is 5.11 Å². The van der Waals surface area contributed by atoms with E-state index in [-0.39, 0.29) is 5.41 Å². The molecule has 0 spiro atoms. The molecule has 1 aliphatic rings. The van der Waals surface area contributed by atoms with Crippen LogP contribution in [-0.4, -0.2) is 11.7 Å². The number of halogens is 2. The number of nitrogens with two attached hydrogens (primary N) is 1. The minimum atomic E-state index is -0.593. The molecule has 112 valence electrons. The number of aliphatic hydroxyl groups is 1. The normalized spacial score (nSPS) is 22.5. The summed E-state index contributed by atoms with van der Waals surface area (Å²) >= 11 is 9.68. The summed E-state index contributed by atoms with van der Waals surface area (Å²) in [4.78, 5) is 0. The Morgan fingerprint density at radius 1 is 1.30 bits per heavy atom. The fourth-order valence-corrected chi connectivity index (χ4v) is 3.84. The fraction of sp³-hybridized carbons (Fsp3) is 0.625. The van der Waals surface area contributed by atoms with Crippen molar-refractivity contribution in [2.75, 3.05) is 6.54 Å². The SMILES string of the molecule is CC1(C)CCC(CN)(C(O)c2ccc(Br)cc2Cl)CC1. The van der Waals surface area contributed by atoms with Gasteiger partial charge in [0.1, 0.15) is 0 Å². The molecule has 1 aromatic carbocycles. The first-order chi connectivity index (χ1) is 9.30. The lowest BCUT2D eigenvalue weighted by Crippen LogP contribution is -2.42. The van der Waals surface area contributed by atoms with Gasteiger partial charge in [0.05, 0.1) is 6.10 Å². The van der Waals surface area contributed by atoms with Crippen LogP contribution in [0.3, 0.4) is 0 Å². The molecule has 0 radical (unpaired) electrons. The number of benzene rings is 1. The topological polar surface area (TPSA) is 46.2 Å². The summed E-state index contributed by atoms with van der Waals surface area (Å²) in [5.41, 5.74) is 6.93. The third-order valence-corrected chi connectivity index (χ3v) is 5.66. The highest BCUT2D eigenvalue weighted by Crippen LogP contribution is 2.51. The van der Waals surface area contributed by atoms with E-state index in [1.165, 1.54) is 0 Å². The van der Waals surface area contributed by atoms with Crippen molar-refractivity contribution >= 4 is 27.5 Å². The molecule has 1 aliphatic carbocycles. The highest BCUT2D eigenvalue weighted by atomic mass is 79.9. The first-order valence-corrected chi connectivity index (χ1v) is 8.30. The predicted molar refractivity (Wildman–Crippen MR) is 87.8 cm³/mol. The van der Waals surface area contributed by atoms with E-state index in [0.717, 1.165) is 35.7 Å². The predicted octanol–water partition coefficient (Wildman–Crippen LogP) is 4.68. The Kier molecular flexibility index (Phi) is 4.85. The fourth-order valence-electron chi connectivity index (χ4n) is 3.07. The maximum absolute atomic E-state index is 10.9. The first kappa shape index (κ1) is 16.3. The smallest absolute Gasteiger partial charge is 0.0872 e. The second-order valence-corrected chi connectivity index (χ2v) is 8.12.